The highest BCUT2D eigenvalue weighted by Crippen LogP contribution is 2.26. The first-order valence-electron chi connectivity index (χ1n) is 11.9. The van der Waals surface area contributed by atoms with Gasteiger partial charge in [-0.2, -0.15) is 0 Å². The van der Waals surface area contributed by atoms with Gasteiger partial charge in [0.25, 0.3) is 0 Å². The van der Waals surface area contributed by atoms with Gasteiger partial charge in [-0.25, -0.2) is 0 Å². The quantitative estimate of drug-likeness (QED) is 0.191. The van der Waals surface area contributed by atoms with Crippen LogP contribution in [0.25, 0.3) is 0 Å². The third kappa shape index (κ3) is 14.0. The number of unbranched alkanes of at least 4 members (excludes halogenated alkanes) is 15. The minimum absolute atomic E-state index is 0.363. The predicted octanol–water partition coefficient (Wildman–Crippen LogP) is 6.07. The minimum Gasteiger partial charge on any atom is -0.396 e. The molecule has 0 amide bonds. The Labute approximate surface area is 163 Å². The zero-order valence-electron chi connectivity index (χ0n) is 17.5. The van der Waals surface area contributed by atoms with Crippen LogP contribution in [0.5, 0.6) is 0 Å². The van der Waals surface area contributed by atoms with Crippen LogP contribution >= 0.6 is 0 Å². The molecule has 0 atom stereocenters. The Balaban J connectivity index is 1.67. The van der Waals surface area contributed by atoms with Crippen molar-refractivity contribution in [3.8, 4) is 0 Å². The average Bonchev–Trinajstić information content (AvgIpc) is 3.07. The molecule has 156 valence electrons. The Hall–Kier alpha value is -0.120. The topological polar surface area (TPSA) is 52.5 Å². The van der Waals surface area contributed by atoms with Crippen LogP contribution in [0, 0.1) is 0 Å². The molecule has 0 radical (unpaired) electrons. The zero-order chi connectivity index (χ0) is 18.8. The maximum Gasteiger partial charge on any atom is 0.116 e. The second-order valence-corrected chi connectivity index (χ2v) is 8.55. The van der Waals surface area contributed by atoms with E-state index in [1.165, 1.54) is 109 Å². The summed E-state index contributed by atoms with van der Waals surface area (Å²) < 4.78 is 0. The summed E-state index contributed by atoms with van der Waals surface area (Å²) in [5.74, 6) is 0. The van der Waals surface area contributed by atoms with Gasteiger partial charge in [-0.3, -0.25) is 5.32 Å². The van der Waals surface area contributed by atoms with Gasteiger partial charge in [0.2, 0.25) is 0 Å². The van der Waals surface area contributed by atoms with E-state index in [2.05, 4.69) is 5.32 Å². The molecule has 1 aliphatic rings. The molecule has 3 heteroatoms. The molecule has 0 aromatic carbocycles. The predicted molar refractivity (Wildman–Crippen MR) is 112 cm³/mol. The fourth-order valence-corrected chi connectivity index (χ4v) is 4.17. The third-order valence-corrected chi connectivity index (χ3v) is 5.97. The third-order valence-electron chi connectivity index (χ3n) is 5.97. The molecule has 1 aliphatic carbocycles. The van der Waals surface area contributed by atoms with Crippen LogP contribution in [-0.2, 0) is 0 Å². The lowest BCUT2D eigenvalue weighted by molar-refractivity contribution is 0.0123. The summed E-state index contributed by atoms with van der Waals surface area (Å²) >= 11 is 0. The van der Waals surface area contributed by atoms with E-state index in [9.17, 15) is 5.11 Å². The smallest absolute Gasteiger partial charge is 0.116 e. The minimum atomic E-state index is -0.528. The second-order valence-electron chi connectivity index (χ2n) is 8.55. The number of hydrogen-bond donors (Lipinski definition) is 3. The standard InChI is InChI=1S/C23H47NO2/c25-22-18-14-12-10-8-6-4-2-1-3-5-7-9-11-13-17-21-24-23(26)19-15-16-20-23/h24-26H,1-22H2. The first kappa shape index (κ1) is 23.9. The first-order valence-corrected chi connectivity index (χ1v) is 11.9. The number of rotatable bonds is 19. The normalized spacial score (nSPS) is 16.4. The van der Waals surface area contributed by atoms with Gasteiger partial charge in [-0.15, -0.1) is 0 Å². The molecule has 1 rings (SSSR count). The molecule has 3 N–H and O–H groups in total. The number of aliphatic hydroxyl groups excluding tert-OH is 1. The van der Waals surface area contributed by atoms with Gasteiger partial charge < -0.3 is 10.2 Å². The molecule has 0 bridgehead atoms. The van der Waals surface area contributed by atoms with Crippen molar-refractivity contribution in [3.05, 3.63) is 0 Å². The molecule has 3 nitrogen and oxygen atoms in total. The SMILES string of the molecule is OCCCCCCCCCCCCCCCCCCNC1(O)CCCC1. The Morgan fingerprint density at radius 2 is 0.885 bits per heavy atom. The number of hydrogen-bond acceptors (Lipinski definition) is 3. The van der Waals surface area contributed by atoms with Crippen molar-refractivity contribution in [3.63, 3.8) is 0 Å². The first-order chi connectivity index (χ1) is 12.8. The fourth-order valence-electron chi connectivity index (χ4n) is 4.17. The highest BCUT2D eigenvalue weighted by Gasteiger charge is 2.29. The molecule has 0 unspecified atom stereocenters. The van der Waals surface area contributed by atoms with Gasteiger partial charge in [0.05, 0.1) is 0 Å². The average molecular weight is 370 g/mol. The maximum atomic E-state index is 10.2. The molecule has 0 heterocycles. The Morgan fingerprint density at radius 1 is 0.538 bits per heavy atom. The van der Waals surface area contributed by atoms with Crippen molar-refractivity contribution < 1.29 is 10.2 Å². The molecule has 0 aromatic heterocycles. The van der Waals surface area contributed by atoms with Crippen molar-refractivity contribution in [1.29, 1.82) is 0 Å². The van der Waals surface area contributed by atoms with Gasteiger partial charge in [0, 0.05) is 6.61 Å². The Kier molecular flexibility index (Phi) is 15.6. The van der Waals surface area contributed by atoms with E-state index in [0.717, 1.165) is 25.8 Å². The van der Waals surface area contributed by atoms with Crippen LogP contribution < -0.4 is 5.32 Å². The van der Waals surface area contributed by atoms with Crippen molar-refractivity contribution in [1.82, 2.24) is 5.32 Å². The van der Waals surface area contributed by atoms with E-state index in [1.54, 1.807) is 0 Å². The Morgan fingerprint density at radius 3 is 1.27 bits per heavy atom. The largest absolute Gasteiger partial charge is 0.396 e. The van der Waals surface area contributed by atoms with Gasteiger partial charge in [-0.05, 0) is 45.1 Å². The molecule has 0 saturated heterocycles. The van der Waals surface area contributed by atoms with E-state index in [1.807, 2.05) is 0 Å². The van der Waals surface area contributed by atoms with Crippen LogP contribution in [0.15, 0.2) is 0 Å². The lowest BCUT2D eigenvalue weighted by Gasteiger charge is -2.23. The summed E-state index contributed by atoms with van der Waals surface area (Å²) in [6.07, 6.45) is 25.6. The molecule has 0 aliphatic heterocycles. The van der Waals surface area contributed by atoms with E-state index < -0.39 is 5.72 Å². The summed E-state index contributed by atoms with van der Waals surface area (Å²) in [4.78, 5) is 0. The maximum absolute atomic E-state index is 10.2. The van der Waals surface area contributed by atoms with Gasteiger partial charge in [-0.1, -0.05) is 89.9 Å². The van der Waals surface area contributed by atoms with E-state index >= 15 is 0 Å². The van der Waals surface area contributed by atoms with Crippen molar-refractivity contribution in [2.24, 2.45) is 0 Å². The van der Waals surface area contributed by atoms with E-state index in [4.69, 9.17) is 5.11 Å². The molecule has 1 fully saturated rings. The highest BCUT2D eigenvalue weighted by atomic mass is 16.3. The summed E-state index contributed by atoms with van der Waals surface area (Å²) in [5, 5.41) is 22.3. The molecular weight excluding hydrogens is 322 g/mol. The highest BCUT2D eigenvalue weighted by molar-refractivity contribution is 4.81. The molecule has 0 aromatic rings. The van der Waals surface area contributed by atoms with E-state index in [0.29, 0.717) is 6.61 Å². The lowest BCUT2D eigenvalue weighted by Crippen LogP contribution is -2.42. The summed E-state index contributed by atoms with van der Waals surface area (Å²) in [5.41, 5.74) is -0.528. The monoisotopic (exact) mass is 369 g/mol. The van der Waals surface area contributed by atoms with Crippen LogP contribution in [0.1, 0.15) is 128 Å². The summed E-state index contributed by atoms with van der Waals surface area (Å²) in [6.45, 7) is 1.35. The lowest BCUT2D eigenvalue weighted by atomic mass is 10.0. The van der Waals surface area contributed by atoms with Gasteiger partial charge >= 0.3 is 0 Å². The van der Waals surface area contributed by atoms with Gasteiger partial charge in [0.1, 0.15) is 5.72 Å². The summed E-state index contributed by atoms with van der Waals surface area (Å²) in [6, 6.07) is 0. The second kappa shape index (κ2) is 17.0. The van der Waals surface area contributed by atoms with Crippen LogP contribution in [0.4, 0.5) is 0 Å². The van der Waals surface area contributed by atoms with Crippen LogP contribution in [0.2, 0.25) is 0 Å². The van der Waals surface area contributed by atoms with Crippen LogP contribution in [0.3, 0.4) is 0 Å². The van der Waals surface area contributed by atoms with Crippen LogP contribution in [-0.4, -0.2) is 29.1 Å². The zero-order valence-corrected chi connectivity index (χ0v) is 17.5. The molecule has 0 spiro atoms. The Bertz CT molecular complexity index is 290. The van der Waals surface area contributed by atoms with Gasteiger partial charge in [0.15, 0.2) is 0 Å². The molecule has 1 saturated carbocycles. The number of nitrogens with one attached hydrogen (secondary N) is 1. The van der Waals surface area contributed by atoms with Crippen molar-refractivity contribution in [2.45, 2.75) is 134 Å². The molecule has 26 heavy (non-hydrogen) atoms. The van der Waals surface area contributed by atoms with E-state index in [-0.39, 0.29) is 0 Å². The van der Waals surface area contributed by atoms with Crippen molar-refractivity contribution >= 4 is 0 Å². The molecular formula is C23H47NO2. The fraction of sp³-hybridized carbons (Fsp3) is 1.00. The number of aliphatic hydroxyl groups is 2. The van der Waals surface area contributed by atoms with Crippen molar-refractivity contribution in [2.75, 3.05) is 13.2 Å². The summed E-state index contributed by atoms with van der Waals surface area (Å²) in [7, 11) is 0.